The molecule has 1 heterocycles. The Morgan fingerprint density at radius 3 is 2.43 bits per heavy atom. The van der Waals surface area contributed by atoms with Crippen LogP contribution in [0.4, 0.5) is 0 Å². The van der Waals surface area contributed by atoms with E-state index in [9.17, 15) is 5.11 Å². The van der Waals surface area contributed by atoms with Gasteiger partial charge in [0.05, 0.1) is 12.3 Å². The van der Waals surface area contributed by atoms with Crippen molar-refractivity contribution in [3.8, 4) is 0 Å². The molecule has 1 aromatic heterocycles. The molecule has 0 fully saturated rings. The van der Waals surface area contributed by atoms with Crippen LogP contribution in [0.2, 0.25) is 0 Å². The highest BCUT2D eigenvalue weighted by atomic mass is 16.5. The number of benzene rings is 1. The van der Waals surface area contributed by atoms with Crippen molar-refractivity contribution in [1.82, 2.24) is 10.1 Å². The van der Waals surface area contributed by atoms with Crippen molar-refractivity contribution in [3.63, 3.8) is 0 Å². The predicted molar refractivity (Wildman–Crippen MR) is 82.6 cm³/mol. The quantitative estimate of drug-likeness (QED) is 0.851. The average molecular weight is 288 g/mol. The summed E-state index contributed by atoms with van der Waals surface area (Å²) in [7, 11) is 0. The Labute approximate surface area is 126 Å². The SMILES string of the molecule is Cc1cc(CN(Cc2ccccc2)[C@@H](CO)C(C)C)no1. The van der Waals surface area contributed by atoms with Gasteiger partial charge in [-0.2, -0.15) is 0 Å². The van der Waals surface area contributed by atoms with Crippen LogP contribution < -0.4 is 0 Å². The van der Waals surface area contributed by atoms with Crippen molar-refractivity contribution in [2.45, 2.75) is 39.9 Å². The summed E-state index contributed by atoms with van der Waals surface area (Å²) in [5.41, 5.74) is 2.14. The molecule has 0 unspecified atom stereocenters. The number of aliphatic hydroxyl groups excluding tert-OH is 1. The highest BCUT2D eigenvalue weighted by molar-refractivity contribution is 5.15. The fourth-order valence-electron chi connectivity index (χ4n) is 2.56. The molecule has 4 heteroatoms. The maximum Gasteiger partial charge on any atom is 0.133 e. The second-order valence-corrected chi connectivity index (χ2v) is 5.81. The Kier molecular flexibility index (Phi) is 5.53. The lowest BCUT2D eigenvalue weighted by molar-refractivity contribution is 0.0765. The van der Waals surface area contributed by atoms with Crippen molar-refractivity contribution in [2.24, 2.45) is 5.92 Å². The van der Waals surface area contributed by atoms with Gasteiger partial charge in [-0.05, 0) is 18.4 Å². The Hall–Kier alpha value is -1.65. The first-order valence-electron chi connectivity index (χ1n) is 7.41. The summed E-state index contributed by atoms with van der Waals surface area (Å²) in [4.78, 5) is 2.26. The zero-order valence-corrected chi connectivity index (χ0v) is 13.0. The molecule has 0 amide bonds. The van der Waals surface area contributed by atoms with E-state index in [1.165, 1.54) is 5.56 Å². The Morgan fingerprint density at radius 1 is 1.19 bits per heavy atom. The van der Waals surface area contributed by atoms with Gasteiger partial charge < -0.3 is 9.63 Å². The van der Waals surface area contributed by atoms with Crippen LogP contribution in [-0.4, -0.2) is 27.8 Å². The second kappa shape index (κ2) is 7.38. The maximum atomic E-state index is 9.74. The predicted octanol–water partition coefficient (Wildman–Crippen LogP) is 3.00. The number of nitrogens with zero attached hydrogens (tertiary/aromatic N) is 2. The number of aryl methyl sites for hydroxylation is 1. The van der Waals surface area contributed by atoms with Crippen LogP contribution in [-0.2, 0) is 13.1 Å². The largest absolute Gasteiger partial charge is 0.395 e. The molecular weight excluding hydrogens is 264 g/mol. The van der Waals surface area contributed by atoms with Crippen molar-refractivity contribution in [1.29, 1.82) is 0 Å². The molecule has 114 valence electrons. The molecular formula is C17H24N2O2. The number of rotatable bonds is 7. The number of aliphatic hydroxyl groups is 1. The maximum absolute atomic E-state index is 9.74. The molecule has 0 saturated heterocycles. The molecule has 0 saturated carbocycles. The first-order chi connectivity index (χ1) is 10.1. The van der Waals surface area contributed by atoms with Crippen molar-refractivity contribution in [2.75, 3.05) is 6.61 Å². The zero-order chi connectivity index (χ0) is 15.2. The summed E-state index contributed by atoms with van der Waals surface area (Å²) in [5.74, 6) is 1.18. The minimum Gasteiger partial charge on any atom is -0.395 e. The van der Waals surface area contributed by atoms with Crippen LogP contribution in [0.3, 0.4) is 0 Å². The summed E-state index contributed by atoms with van der Waals surface area (Å²) in [5, 5.41) is 13.8. The molecule has 4 nitrogen and oxygen atoms in total. The lowest BCUT2D eigenvalue weighted by Crippen LogP contribution is -2.40. The molecule has 1 aromatic carbocycles. The number of aromatic nitrogens is 1. The van der Waals surface area contributed by atoms with Crippen LogP contribution in [0.1, 0.15) is 30.9 Å². The third kappa shape index (κ3) is 4.41. The van der Waals surface area contributed by atoms with Crippen LogP contribution in [0, 0.1) is 12.8 Å². The third-order valence-corrected chi connectivity index (χ3v) is 3.70. The Morgan fingerprint density at radius 2 is 1.90 bits per heavy atom. The first kappa shape index (κ1) is 15.7. The molecule has 1 atom stereocenters. The van der Waals surface area contributed by atoms with Crippen molar-refractivity contribution in [3.05, 3.63) is 53.4 Å². The van der Waals surface area contributed by atoms with Gasteiger partial charge in [0.25, 0.3) is 0 Å². The van der Waals surface area contributed by atoms with Crippen molar-refractivity contribution < 1.29 is 9.63 Å². The molecule has 2 aromatic rings. The molecule has 1 N–H and O–H groups in total. The Bertz CT molecular complexity index is 537. The fraction of sp³-hybridized carbons (Fsp3) is 0.471. The highest BCUT2D eigenvalue weighted by Gasteiger charge is 2.22. The number of hydrogen-bond donors (Lipinski definition) is 1. The van der Waals surface area contributed by atoms with E-state index >= 15 is 0 Å². The van der Waals surface area contributed by atoms with Crippen molar-refractivity contribution >= 4 is 0 Å². The Balaban J connectivity index is 2.16. The van der Waals surface area contributed by atoms with E-state index in [0.717, 1.165) is 18.0 Å². The topological polar surface area (TPSA) is 49.5 Å². The average Bonchev–Trinajstić information content (AvgIpc) is 2.85. The van der Waals surface area contributed by atoms with E-state index in [1.807, 2.05) is 31.2 Å². The van der Waals surface area contributed by atoms with Gasteiger partial charge in [0.2, 0.25) is 0 Å². The molecule has 2 rings (SSSR count). The summed E-state index contributed by atoms with van der Waals surface area (Å²) in [6.07, 6.45) is 0. The van der Waals surface area contributed by atoms with Gasteiger partial charge in [-0.25, -0.2) is 0 Å². The van der Waals surface area contributed by atoms with Gasteiger partial charge in [-0.1, -0.05) is 49.3 Å². The van der Waals surface area contributed by atoms with Gasteiger partial charge in [-0.3, -0.25) is 4.90 Å². The van der Waals surface area contributed by atoms with Gasteiger partial charge >= 0.3 is 0 Å². The van der Waals surface area contributed by atoms with E-state index in [2.05, 4.69) is 36.0 Å². The number of hydrogen-bond acceptors (Lipinski definition) is 4. The smallest absolute Gasteiger partial charge is 0.133 e. The summed E-state index contributed by atoms with van der Waals surface area (Å²) in [6, 6.07) is 12.4. The summed E-state index contributed by atoms with van der Waals surface area (Å²) in [6.45, 7) is 7.76. The standard InChI is InChI=1S/C17H24N2O2/c1-13(2)17(12-20)19(10-15-7-5-4-6-8-15)11-16-9-14(3)21-18-16/h4-9,13,17,20H,10-12H2,1-3H3/t17-/m0/s1. The highest BCUT2D eigenvalue weighted by Crippen LogP contribution is 2.18. The minimum atomic E-state index is 0.0993. The van der Waals surface area contributed by atoms with E-state index in [4.69, 9.17) is 4.52 Å². The van der Waals surface area contributed by atoms with Crippen LogP contribution in [0.5, 0.6) is 0 Å². The fourth-order valence-corrected chi connectivity index (χ4v) is 2.56. The molecule has 0 aliphatic rings. The molecule has 0 spiro atoms. The summed E-state index contributed by atoms with van der Waals surface area (Å²) < 4.78 is 5.15. The molecule has 21 heavy (non-hydrogen) atoms. The lowest BCUT2D eigenvalue weighted by atomic mass is 10.0. The van der Waals surface area contributed by atoms with Gasteiger partial charge in [0, 0.05) is 25.2 Å². The molecule has 0 radical (unpaired) electrons. The van der Waals surface area contributed by atoms with Crippen LogP contribution in [0.15, 0.2) is 40.9 Å². The third-order valence-electron chi connectivity index (χ3n) is 3.70. The molecule has 0 aliphatic carbocycles. The normalized spacial score (nSPS) is 13.0. The van der Waals surface area contributed by atoms with Crippen LogP contribution >= 0.6 is 0 Å². The monoisotopic (exact) mass is 288 g/mol. The minimum absolute atomic E-state index is 0.0993. The van der Waals surface area contributed by atoms with Gasteiger partial charge in [0.15, 0.2) is 0 Å². The molecule has 0 aliphatic heterocycles. The van der Waals surface area contributed by atoms with Gasteiger partial charge in [0.1, 0.15) is 5.76 Å². The van der Waals surface area contributed by atoms with E-state index in [1.54, 1.807) is 0 Å². The summed E-state index contributed by atoms with van der Waals surface area (Å²) >= 11 is 0. The van der Waals surface area contributed by atoms with Crippen LogP contribution in [0.25, 0.3) is 0 Å². The van der Waals surface area contributed by atoms with E-state index in [0.29, 0.717) is 12.5 Å². The first-order valence-corrected chi connectivity index (χ1v) is 7.41. The van der Waals surface area contributed by atoms with E-state index < -0.39 is 0 Å². The molecule has 0 bridgehead atoms. The zero-order valence-electron chi connectivity index (χ0n) is 13.0. The lowest BCUT2D eigenvalue weighted by Gasteiger charge is -2.32. The van der Waals surface area contributed by atoms with E-state index in [-0.39, 0.29) is 12.6 Å². The van der Waals surface area contributed by atoms with Gasteiger partial charge in [-0.15, -0.1) is 0 Å². The second-order valence-electron chi connectivity index (χ2n) is 5.81.